The minimum absolute atomic E-state index is 0.889. The Morgan fingerprint density at radius 1 is 1.36 bits per heavy atom. The second kappa shape index (κ2) is 5.00. The van der Waals surface area contributed by atoms with E-state index in [1.807, 2.05) is 0 Å². The molecule has 0 aromatic carbocycles. The van der Waals surface area contributed by atoms with Gasteiger partial charge in [0.15, 0.2) is 0 Å². The summed E-state index contributed by atoms with van der Waals surface area (Å²) in [6.07, 6.45) is 6.52. The highest BCUT2D eigenvalue weighted by Gasteiger charge is 2.40. The van der Waals surface area contributed by atoms with Crippen LogP contribution in [0.3, 0.4) is 0 Å². The van der Waals surface area contributed by atoms with Crippen LogP contribution in [0.25, 0.3) is 0 Å². The summed E-state index contributed by atoms with van der Waals surface area (Å²) in [5.74, 6) is 3.89. The van der Waals surface area contributed by atoms with Crippen LogP contribution >= 0.6 is 0 Å². The van der Waals surface area contributed by atoms with E-state index in [-0.39, 0.29) is 0 Å². The van der Waals surface area contributed by atoms with Gasteiger partial charge in [-0.25, -0.2) is 0 Å². The Labute approximate surface area is 89.8 Å². The van der Waals surface area contributed by atoms with Crippen molar-refractivity contribution < 1.29 is 0 Å². The molecule has 0 radical (unpaired) electrons. The molecule has 0 heteroatoms. The van der Waals surface area contributed by atoms with Gasteiger partial charge in [-0.05, 0) is 56.8 Å². The van der Waals surface area contributed by atoms with Crippen LogP contribution in [0.5, 0.6) is 0 Å². The lowest BCUT2D eigenvalue weighted by Crippen LogP contribution is -2.01. The lowest BCUT2D eigenvalue weighted by molar-refractivity contribution is 0.431. The molecular weight excluding hydrogens is 168 g/mol. The number of allylic oxidation sites excluding steroid dienone is 2. The van der Waals surface area contributed by atoms with Crippen LogP contribution in [-0.2, 0) is 0 Å². The van der Waals surface area contributed by atoms with E-state index >= 15 is 0 Å². The Balaban J connectivity index is 2.25. The molecule has 0 nitrogen and oxygen atoms in total. The van der Waals surface area contributed by atoms with Gasteiger partial charge in [0.1, 0.15) is 0 Å². The predicted molar refractivity (Wildman–Crippen MR) is 64.3 cm³/mol. The maximum Gasteiger partial charge on any atom is -0.0295 e. The maximum absolute atomic E-state index is 2.43. The van der Waals surface area contributed by atoms with Crippen LogP contribution in [0, 0.1) is 23.7 Å². The van der Waals surface area contributed by atoms with Crippen molar-refractivity contribution in [3.8, 4) is 0 Å². The predicted octanol–water partition coefficient (Wildman–Crippen LogP) is 4.66. The molecule has 0 aromatic heterocycles. The minimum atomic E-state index is 0.889. The zero-order valence-electron chi connectivity index (χ0n) is 10.5. The zero-order chi connectivity index (χ0) is 10.7. The van der Waals surface area contributed by atoms with E-state index in [1.54, 1.807) is 5.57 Å². The van der Waals surface area contributed by atoms with Crippen LogP contribution in [0.15, 0.2) is 11.6 Å². The Morgan fingerprint density at radius 2 is 2.00 bits per heavy atom. The van der Waals surface area contributed by atoms with Gasteiger partial charge < -0.3 is 0 Å². The van der Waals surface area contributed by atoms with Gasteiger partial charge in [-0.15, -0.1) is 0 Å². The molecule has 3 atom stereocenters. The lowest BCUT2D eigenvalue weighted by Gasteiger charge is -2.12. The second-order valence-electron chi connectivity index (χ2n) is 5.61. The van der Waals surface area contributed by atoms with Crippen molar-refractivity contribution in [1.82, 2.24) is 0 Å². The summed E-state index contributed by atoms with van der Waals surface area (Å²) in [6.45, 7) is 11.5. The van der Waals surface area contributed by atoms with E-state index in [9.17, 15) is 0 Å². The van der Waals surface area contributed by atoms with Gasteiger partial charge in [0, 0.05) is 0 Å². The van der Waals surface area contributed by atoms with Gasteiger partial charge >= 0.3 is 0 Å². The van der Waals surface area contributed by atoms with E-state index in [1.165, 1.54) is 19.3 Å². The van der Waals surface area contributed by atoms with Crippen LogP contribution in [0.2, 0.25) is 0 Å². The lowest BCUT2D eigenvalue weighted by atomic mass is 9.94. The van der Waals surface area contributed by atoms with E-state index in [2.05, 4.69) is 40.7 Å². The standard InChI is InChI=1S/C14H26/c1-6-11(4)8-12(5)14-9-13(14)7-10(2)3/h6,10,12-14H,7-9H2,1-5H3. The molecule has 0 N–H and O–H groups in total. The fourth-order valence-electron chi connectivity index (χ4n) is 2.62. The molecule has 0 saturated heterocycles. The highest BCUT2D eigenvalue weighted by Crippen LogP contribution is 2.49. The first-order valence-corrected chi connectivity index (χ1v) is 6.16. The molecule has 1 rings (SSSR count). The first-order chi connectivity index (χ1) is 6.54. The molecule has 0 aromatic rings. The van der Waals surface area contributed by atoms with Crippen molar-refractivity contribution in [2.45, 2.75) is 53.9 Å². The second-order valence-corrected chi connectivity index (χ2v) is 5.61. The number of hydrogen-bond acceptors (Lipinski definition) is 0. The molecule has 3 unspecified atom stereocenters. The summed E-state index contributed by atoms with van der Waals surface area (Å²) in [4.78, 5) is 0. The normalized spacial score (nSPS) is 29.4. The molecule has 82 valence electrons. The van der Waals surface area contributed by atoms with Gasteiger partial charge in [-0.2, -0.15) is 0 Å². The van der Waals surface area contributed by atoms with E-state index in [0.717, 1.165) is 23.7 Å². The third-order valence-electron chi connectivity index (χ3n) is 3.62. The van der Waals surface area contributed by atoms with Gasteiger partial charge in [0.25, 0.3) is 0 Å². The van der Waals surface area contributed by atoms with Crippen molar-refractivity contribution in [2.75, 3.05) is 0 Å². The first-order valence-electron chi connectivity index (χ1n) is 6.16. The van der Waals surface area contributed by atoms with Crippen LogP contribution < -0.4 is 0 Å². The molecule has 0 spiro atoms. The minimum Gasteiger partial charge on any atom is -0.0887 e. The van der Waals surface area contributed by atoms with E-state index in [4.69, 9.17) is 0 Å². The van der Waals surface area contributed by atoms with Crippen molar-refractivity contribution in [1.29, 1.82) is 0 Å². The molecule has 0 heterocycles. The topological polar surface area (TPSA) is 0 Å². The van der Waals surface area contributed by atoms with E-state index < -0.39 is 0 Å². The number of rotatable bonds is 5. The Hall–Kier alpha value is -0.260. The van der Waals surface area contributed by atoms with Crippen molar-refractivity contribution in [2.24, 2.45) is 23.7 Å². The molecule has 0 bridgehead atoms. The highest BCUT2D eigenvalue weighted by molar-refractivity contribution is 5.00. The molecule has 1 fully saturated rings. The molecule has 14 heavy (non-hydrogen) atoms. The van der Waals surface area contributed by atoms with Crippen molar-refractivity contribution >= 4 is 0 Å². The SMILES string of the molecule is CC=C(C)CC(C)C1CC1CC(C)C. The van der Waals surface area contributed by atoms with Gasteiger partial charge in [0.2, 0.25) is 0 Å². The van der Waals surface area contributed by atoms with E-state index in [0.29, 0.717) is 0 Å². The summed E-state index contributed by atoms with van der Waals surface area (Å²) in [7, 11) is 0. The smallest absolute Gasteiger partial charge is 0.0295 e. The molecule has 1 aliphatic carbocycles. The van der Waals surface area contributed by atoms with Gasteiger partial charge in [-0.3, -0.25) is 0 Å². The quantitative estimate of drug-likeness (QED) is 0.558. The fourth-order valence-corrected chi connectivity index (χ4v) is 2.62. The Kier molecular flexibility index (Phi) is 4.22. The van der Waals surface area contributed by atoms with Crippen molar-refractivity contribution in [3.63, 3.8) is 0 Å². The van der Waals surface area contributed by atoms with Gasteiger partial charge in [-0.1, -0.05) is 32.4 Å². The first kappa shape index (κ1) is 11.8. The molecular formula is C14H26. The Bertz CT molecular complexity index is 200. The largest absolute Gasteiger partial charge is 0.0887 e. The average molecular weight is 194 g/mol. The van der Waals surface area contributed by atoms with Crippen LogP contribution in [-0.4, -0.2) is 0 Å². The van der Waals surface area contributed by atoms with Crippen molar-refractivity contribution in [3.05, 3.63) is 11.6 Å². The molecule has 0 aliphatic heterocycles. The molecule has 1 aliphatic rings. The summed E-state index contributed by atoms with van der Waals surface area (Å²) in [5.41, 5.74) is 1.56. The average Bonchev–Trinajstić information content (AvgIpc) is 2.82. The highest BCUT2D eigenvalue weighted by atomic mass is 14.5. The summed E-state index contributed by atoms with van der Waals surface area (Å²) >= 11 is 0. The summed E-state index contributed by atoms with van der Waals surface area (Å²) < 4.78 is 0. The zero-order valence-corrected chi connectivity index (χ0v) is 10.5. The Morgan fingerprint density at radius 3 is 2.50 bits per heavy atom. The monoisotopic (exact) mass is 194 g/mol. The molecule has 0 amide bonds. The summed E-state index contributed by atoms with van der Waals surface area (Å²) in [5, 5.41) is 0. The maximum atomic E-state index is 2.43. The van der Waals surface area contributed by atoms with Gasteiger partial charge in [0.05, 0.1) is 0 Å². The summed E-state index contributed by atoms with van der Waals surface area (Å²) in [6, 6.07) is 0. The third kappa shape index (κ3) is 3.48. The van der Waals surface area contributed by atoms with Crippen LogP contribution in [0.1, 0.15) is 53.9 Å². The third-order valence-corrected chi connectivity index (χ3v) is 3.62. The number of hydrogen-bond donors (Lipinski definition) is 0. The van der Waals surface area contributed by atoms with Crippen LogP contribution in [0.4, 0.5) is 0 Å². The fraction of sp³-hybridized carbons (Fsp3) is 0.857. The molecule has 1 saturated carbocycles.